The molecule has 5 nitrogen and oxygen atoms in total. The average Bonchev–Trinajstić information content (AvgIpc) is 3.18. The number of hydrogen-bond acceptors (Lipinski definition) is 3. The van der Waals surface area contributed by atoms with Crippen LogP contribution in [0.5, 0.6) is 5.75 Å². The van der Waals surface area contributed by atoms with Crippen LogP contribution in [-0.4, -0.2) is 35.9 Å². The van der Waals surface area contributed by atoms with Gasteiger partial charge in [0.1, 0.15) is 5.75 Å². The zero-order chi connectivity index (χ0) is 18.5. The van der Waals surface area contributed by atoms with Gasteiger partial charge >= 0.3 is 0 Å². The lowest BCUT2D eigenvalue weighted by Gasteiger charge is -2.17. The summed E-state index contributed by atoms with van der Waals surface area (Å²) in [5, 5.41) is 2.83. The maximum Gasteiger partial charge on any atom is 0.265 e. The summed E-state index contributed by atoms with van der Waals surface area (Å²) >= 11 is 0. The Labute approximate surface area is 154 Å². The van der Waals surface area contributed by atoms with E-state index in [0.29, 0.717) is 17.0 Å². The third-order valence-corrected chi connectivity index (χ3v) is 4.56. The van der Waals surface area contributed by atoms with Gasteiger partial charge in [0.15, 0.2) is 6.10 Å². The molecule has 136 valence electrons. The highest BCUT2D eigenvalue weighted by molar-refractivity contribution is 5.97. The van der Waals surface area contributed by atoms with Crippen LogP contribution in [0.15, 0.2) is 48.5 Å². The van der Waals surface area contributed by atoms with E-state index < -0.39 is 6.10 Å². The van der Waals surface area contributed by atoms with Crippen LogP contribution >= 0.6 is 0 Å². The second-order valence-electron chi connectivity index (χ2n) is 6.59. The topological polar surface area (TPSA) is 58.6 Å². The summed E-state index contributed by atoms with van der Waals surface area (Å²) in [6.45, 7) is 5.30. The van der Waals surface area contributed by atoms with E-state index in [1.165, 1.54) is 0 Å². The fourth-order valence-electron chi connectivity index (χ4n) is 2.98. The Bertz CT molecular complexity index is 780. The number of anilines is 1. The molecular weight excluding hydrogens is 328 g/mol. The molecule has 1 heterocycles. The highest BCUT2D eigenvalue weighted by atomic mass is 16.5. The molecule has 26 heavy (non-hydrogen) atoms. The zero-order valence-corrected chi connectivity index (χ0v) is 15.2. The van der Waals surface area contributed by atoms with Gasteiger partial charge < -0.3 is 15.0 Å². The Morgan fingerprint density at radius 1 is 1.04 bits per heavy atom. The molecule has 1 unspecified atom stereocenters. The summed E-state index contributed by atoms with van der Waals surface area (Å²) < 4.78 is 5.74. The van der Waals surface area contributed by atoms with Crippen molar-refractivity contribution in [1.82, 2.24) is 4.90 Å². The minimum atomic E-state index is -0.623. The van der Waals surface area contributed by atoms with Gasteiger partial charge in [0.25, 0.3) is 11.8 Å². The molecule has 0 aliphatic carbocycles. The standard InChI is InChI=1S/C21H24N2O3/c1-15-7-3-4-8-19(15)26-16(2)20(24)22-18-11-9-17(10-12-18)21(25)23-13-5-6-14-23/h3-4,7-12,16H,5-6,13-14H2,1-2H3,(H,22,24). The van der Waals surface area contributed by atoms with Gasteiger partial charge in [-0.2, -0.15) is 0 Å². The van der Waals surface area contributed by atoms with Crippen molar-refractivity contribution in [3.8, 4) is 5.75 Å². The van der Waals surface area contributed by atoms with Gasteiger partial charge in [0.2, 0.25) is 0 Å². The average molecular weight is 352 g/mol. The van der Waals surface area contributed by atoms with Crippen LogP contribution in [0.25, 0.3) is 0 Å². The minimum Gasteiger partial charge on any atom is -0.481 e. The third kappa shape index (κ3) is 4.23. The lowest BCUT2D eigenvalue weighted by molar-refractivity contribution is -0.122. The number of nitrogens with zero attached hydrogens (tertiary/aromatic N) is 1. The molecule has 1 fully saturated rings. The third-order valence-electron chi connectivity index (χ3n) is 4.56. The molecule has 0 radical (unpaired) electrons. The number of rotatable bonds is 5. The van der Waals surface area contributed by atoms with Crippen molar-refractivity contribution >= 4 is 17.5 Å². The Hall–Kier alpha value is -2.82. The molecule has 1 atom stereocenters. The summed E-state index contributed by atoms with van der Waals surface area (Å²) in [4.78, 5) is 26.6. The summed E-state index contributed by atoms with van der Waals surface area (Å²) in [5.41, 5.74) is 2.28. The maximum atomic E-state index is 12.3. The number of aryl methyl sites for hydroxylation is 1. The first-order chi connectivity index (χ1) is 12.5. The van der Waals surface area contributed by atoms with Crippen LogP contribution in [0, 0.1) is 6.92 Å². The highest BCUT2D eigenvalue weighted by Crippen LogP contribution is 2.19. The van der Waals surface area contributed by atoms with E-state index in [1.807, 2.05) is 36.1 Å². The zero-order valence-electron chi connectivity index (χ0n) is 15.2. The van der Waals surface area contributed by atoms with Gasteiger partial charge in [-0.05, 0) is 62.6 Å². The smallest absolute Gasteiger partial charge is 0.265 e. The Morgan fingerprint density at radius 2 is 1.69 bits per heavy atom. The Morgan fingerprint density at radius 3 is 2.35 bits per heavy atom. The number of carbonyl (C=O) groups is 2. The number of nitrogens with one attached hydrogen (secondary N) is 1. The summed E-state index contributed by atoms with van der Waals surface area (Å²) in [7, 11) is 0. The summed E-state index contributed by atoms with van der Waals surface area (Å²) in [6.07, 6.45) is 1.51. The van der Waals surface area contributed by atoms with E-state index in [1.54, 1.807) is 31.2 Å². The largest absolute Gasteiger partial charge is 0.481 e. The van der Waals surface area contributed by atoms with Crippen LogP contribution < -0.4 is 10.1 Å². The first kappa shape index (κ1) is 18.0. The number of hydrogen-bond donors (Lipinski definition) is 1. The van der Waals surface area contributed by atoms with Crippen molar-refractivity contribution in [1.29, 1.82) is 0 Å². The second-order valence-corrected chi connectivity index (χ2v) is 6.59. The predicted octanol–water partition coefficient (Wildman–Crippen LogP) is 3.64. The van der Waals surface area contributed by atoms with Crippen molar-refractivity contribution in [2.75, 3.05) is 18.4 Å². The van der Waals surface area contributed by atoms with Gasteiger partial charge in [0.05, 0.1) is 0 Å². The second kappa shape index (κ2) is 8.04. The fraction of sp³-hybridized carbons (Fsp3) is 0.333. The van der Waals surface area contributed by atoms with Gasteiger partial charge in [-0.25, -0.2) is 0 Å². The number of likely N-dealkylation sites (tertiary alicyclic amines) is 1. The van der Waals surface area contributed by atoms with Crippen molar-refractivity contribution in [3.05, 3.63) is 59.7 Å². The van der Waals surface area contributed by atoms with Crippen molar-refractivity contribution in [3.63, 3.8) is 0 Å². The molecule has 1 saturated heterocycles. The summed E-state index contributed by atoms with van der Waals surface area (Å²) in [6, 6.07) is 14.6. The van der Waals surface area contributed by atoms with Crippen molar-refractivity contribution in [2.45, 2.75) is 32.8 Å². The van der Waals surface area contributed by atoms with E-state index in [0.717, 1.165) is 31.5 Å². The van der Waals surface area contributed by atoms with Gasteiger partial charge in [0, 0.05) is 24.3 Å². The van der Waals surface area contributed by atoms with E-state index in [-0.39, 0.29) is 11.8 Å². The molecule has 0 saturated carbocycles. The predicted molar refractivity (Wildman–Crippen MR) is 101 cm³/mol. The molecule has 0 bridgehead atoms. The first-order valence-corrected chi connectivity index (χ1v) is 8.97. The highest BCUT2D eigenvalue weighted by Gasteiger charge is 2.20. The van der Waals surface area contributed by atoms with Crippen molar-refractivity contribution in [2.24, 2.45) is 0 Å². The molecular formula is C21H24N2O3. The Kier molecular flexibility index (Phi) is 5.56. The Balaban J connectivity index is 1.58. The van der Waals surface area contributed by atoms with E-state index in [9.17, 15) is 9.59 Å². The number of para-hydroxylation sites is 1. The SMILES string of the molecule is Cc1ccccc1OC(C)C(=O)Nc1ccc(C(=O)N2CCCC2)cc1. The number of ether oxygens (including phenoxy) is 1. The molecule has 0 spiro atoms. The molecule has 1 N–H and O–H groups in total. The molecule has 2 aromatic carbocycles. The first-order valence-electron chi connectivity index (χ1n) is 8.97. The van der Waals surface area contributed by atoms with Gasteiger partial charge in [-0.3, -0.25) is 9.59 Å². The van der Waals surface area contributed by atoms with Gasteiger partial charge in [-0.15, -0.1) is 0 Å². The van der Waals surface area contributed by atoms with Gasteiger partial charge in [-0.1, -0.05) is 18.2 Å². The number of carbonyl (C=O) groups excluding carboxylic acids is 2. The quantitative estimate of drug-likeness (QED) is 0.894. The summed E-state index contributed by atoms with van der Waals surface area (Å²) in [5.74, 6) is 0.519. The maximum absolute atomic E-state index is 12.3. The van der Waals surface area contributed by atoms with E-state index >= 15 is 0 Å². The molecule has 2 aromatic rings. The molecule has 5 heteroatoms. The molecule has 3 rings (SSSR count). The van der Waals surface area contributed by atoms with Crippen molar-refractivity contribution < 1.29 is 14.3 Å². The van der Waals surface area contributed by atoms with Crippen LogP contribution in [0.1, 0.15) is 35.7 Å². The molecule has 1 aliphatic heterocycles. The minimum absolute atomic E-state index is 0.0524. The van der Waals surface area contributed by atoms with E-state index in [2.05, 4.69) is 5.32 Å². The monoisotopic (exact) mass is 352 g/mol. The van der Waals surface area contributed by atoms with Crippen LogP contribution in [0.2, 0.25) is 0 Å². The normalized spacial score (nSPS) is 14.8. The lowest BCUT2D eigenvalue weighted by Crippen LogP contribution is -2.30. The van der Waals surface area contributed by atoms with E-state index in [4.69, 9.17) is 4.74 Å². The van der Waals surface area contributed by atoms with Crippen LogP contribution in [0.3, 0.4) is 0 Å². The fourth-order valence-corrected chi connectivity index (χ4v) is 2.98. The molecule has 2 amide bonds. The molecule has 1 aliphatic rings. The number of amides is 2. The van der Waals surface area contributed by atoms with Crippen LogP contribution in [0.4, 0.5) is 5.69 Å². The van der Waals surface area contributed by atoms with Crippen LogP contribution in [-0.2, 0) is 4.79 Å². The molecule has 0 aromatic heterocycles. The number of benzene rings is 2. The lowest BCUT2D eigenvalue weighted by atomic mass is 10.2.